The van der Waals surface area contributed by atoms with Crippen LogP contribution >= 0.6 is 0 Å². The van der Waals surface area contributed by atoms with Gasteiger partial charge in [0.25, 0.3) is 5.91 Å². The molecule has 1 heterocycles. The molecule has 1 aromatic carbocycles. The molecule has 0 bridgehead atoms. The van der Waals surface area contributed by atoms with Crippen molar-refractivity contribution in [2.45, 2.75) is 0 Å². The molecule has 0 saturated carbocycles. The number of amides is 2. The maximum absolute atomic E-state index is 12.2. The Hall–Kier alpha value is -2.39. The molecule has 0 aliphatic carbocycles. The summed E-state index contributed by atoms with van der Waals surface area (Å²) < 4.78 is 0. The summed E-state index contributed by atoms with van der Waals surface area (Å²) in [6, 6.07) is 8.41. The molecule has 21 heavy (non-hydrogen) atoms. The van der Waals surface area contributed by atoms with Crippen LogP contribution in [0.15, 0.2) is 24.3 Å². The van der Waals surface area contributed by atoms with Crippen molar-refractivity contribution in [3.63, 3.8) is 0 Å². The summed E-state index contributed by atoms with van der Waals surface area (Å²) in [5.74, 6) is -0.260. The third kappa shape index (κ3) is 3.80. The number of nitrogens with one attached hydrogen (secondary N) is 1. The monoisotopic (exact) mass is 286 g/mol. The Labute approximate surface area is 123 Å². The number of nitrogens with zero attached hydrogens (tertiary/aromatic N) is 3. The van der Waals surface area contributed by atoms with Gasteiger partial charge in [0.05, 0.1) is 18.2 Å². The average Bonchev–Trinajstić information content (AvgIpc) is 2.55. The average molecular weight is 286 g/mol. The van der Waals surface area contributed by atoms with Crippen LogP contribution in [0.1, 0.15) is 15.9 Å². The fourth-order valence-electron chi connectivity index (χ4n) is 2.20. The minimum atomic E-state index is -0.219. The lowest BCUT2D eigenvalue weighted by atomic mass is 10.1. The topological polar surface area (TPSA) is 76.4 Å². The molecule has 1 N–H and O–H groups in total. The SMILES string of the molecule is CN(CC(=O)N1CCNCC1)C(=O)c1ccc(C#N)cc1. The molecule has 0 atom stereocenters. The van der Waals surface area contributed by atoms with Crippen LogP contribution in [0.5, 0.6) is 0 Å². The second-order valence-corrected chi connectivity index (χ2v) is 4.98. The first-order valence-corrected chi connectivity index (χ1v) is 6.86. The molecule has 2 rings (SSSR count). The van der Waals surface area contributed by atoms with Crippen LogP contribution in [-0.4, -0.2) is 61.4 Å². The highest BCUT2D eigenvalue weighted by Crippen LogP contribution is 2.07. The van der Waals surface area contributed by atoms with Gasteiger partial charge in [-0.3, -0.25) is 9.59 Å². The van der Waals surface area contributed by atoms with E-state index in [4.69, 9.17) is 5.26 Å². The number of carbonyl (C=O) groups excluding carboxylic acids is 2. The Morgan fingerprint density at radius 1 is 1.29 bits per heavy atom. The fourth-order valence-corrected chi connectivity index (χ4v) is 2.20. The first-order valence-electron chi connectivity index (χ1n) is 6.86. The molecule has 1 aromatic rings. The molecule has 0 aromatic heterocycles. The number of rotatable bonds is 3. The Balaban J connectivity index is 1.95. The number of hydrogen-bond donors (Lipinski definition) is 1. The lowest BCUT2D eigenvalue weighted by molar-refractivity contribution is -0.132. The predicted octanol–water partition coefficient (Wildman–Crippen LogP) is 0.0621. The van der Waals surface area contributed by atoms with Crippen molar-refractivity contribution in [3.05, 3.63) is 35.4 Å². The Kier molecular flexibility index (Phi) is 4.90. The lowest BCUT2D eigenvalue weighted by Crippen LogP contribution is -2.49. The Morgan fingerprint density at radius 2 is 1.90 bits per heavy atom. The van der Waals surface area contributed by atoms with Gasteiger partial charge in [-0.05, 0) is 24.3 Å². The molecule has 0 spiro atoms. The van der Waals surface area contributed by atoms with Crippen molar-refractivity contribution < 1.29 is 9.59 Å². The molecule has 2 amide bonds. The number of carbonyl (C=O) groups is 2. The van der Waals surface area contributed by atoms with Crippen LogP contribution in [0.2, 0.25) is 0 Å². The quantitative estimate of drug-likeness (QED) is 0.852. The van der Waals surface area contributed by atoms with E-state index in [0.29, 0.717) is 24.2 Å². The van der Waals surface area contributed by atoms with Crippen molar-refractivity contribution >= 4 is 11.8 Å². The van der Waals surface area contributed by atoms with E-state index in [1.54, 1.807) is 36.2 Å². The van der Waals surface area contributed by atoms with Gasteiger partial charge < -0.3 is 15.1 Å². The second-order valence-electron chi connectivity index (χ2n) is 4.98. The van der Waals surface area contributed by atoms with Gasteiger partial charge in [-0.1, -0.05) is 0 Å². The summed E-state index contributed by atoms with van der Waals surface area (Å²) in [5, 5.41) is 11.9. The van der Waals surface area contributed by atoms with Crippen molar-refractivity contribution in [3.8, 4) is 6.07 Å². The zero-order chi connectivity index (χ0) is 15.2. The third-order valence-electron chi connectivity index (χ3n) is 3.45. The van der Waals surface area contributed by atoms with Crippen LogP contribution in [-0.2, 0) is 4.79 Å². The summed E-state index contributed by atoms with van der Waals surface area (Å²) in [6.45, 7) is 3.01. The van der Waals surface area contributed by atoms with Gasteiger partial charge in [-0.2, -0.15) is 5.26 Å². The van der Waals surface area contributed by atoms with Crippen LogP contribution in [0.3, 0.4) is 0 Å². The van der Waals surface area contributed by atoms with E-state index in [0.717, 1.165) is 13.1 Å². The normalized spacial score (nSPS) is 14.4. The van der Waals surface area contributed by atoms with Crippen LogP contribution < -0.4 is 5.32 Å². The first-order chi connectivity index (χ1) is 10.1. The smallest absolute Gasteiger partial charge is 0.254 e. The lowest BCUT2D eigenvalue weighted by Gasteiger charge is -2.29. The minimum Gasteiger partial charge on any atom is -0.339 e. The molecule has 1 aliphatic rings. The van der Waals surface area contributed by atoms with E-state index in [2.05, 4.69) is 5.32 Å². The van der Waals surface area contributed by atoms with E-state index >= 15 is 0 Å². The largest absolute Gasteiger partial charge is 0.339 e. The molecule has 0 unspecified atom stereocenters. The highest BCUT2D eigenvalue weighted by molar-refractivity contribution is 5.96. The molecule has 1 fully saturated rings. The van der Waals surface area contributed by atoms with Crippen molar-refractivity contribution in [1.29, 1.82) is 5.26 Å². The Morgan fingerprint density at radius 3 is 2.48 bits per heavy atom. The second kappa shape index (κ2) is 6.86. The van der Waals surface area contributed by atoms with E-state index < -0.39 is 0 Å². The summed E-state index contributed by atoms with van der Waals surface area (Å²) in [7, 11) is 1.61. The molecule has 1 aliphatic heterocycles. The van der Waals surface area contributed by atoms with Gasteiger partial charge in [0.1, 0.15) is 0 Å². The van der Waals surface area contributed by atoms with E-state index in [1.165, 1.54) is 4.90 Å². The van der Waals surface area contributed by atoms with Crippen molar-refractivity contribution in [1.82, 2.24) is 15.1 Å². The molecule has 6 heteroatoms. The van der Waals surface area contributed by atoms with Gasteiger partial charge in [-0.25, -0.2) is 0 Å². The highest BCUT2D eigenvalue weighted by Gasteiger charge is 2.20. The van der Waals surface area contributed by atoms with Crippen molar-refractivity contribution in [2.24, 2.45) is 0 Å². The number of likely N-dealkylation sites (N-methyl/N-ethyl adjacent to an activating group) is 1. The van der Waals surface area contributed by atoms with Gasteiger partial charge in [0.15, 0.2) is 0 Å². The maximum Gasteiger partial charge on any atom is 0.254 e. The molecule has 1 saturated heterocycles. The van der Waals surface area contributed by atoms with Gasteiger partial charge >= 0.3 is 0 Å². The maximum atomic E-state index is 12.2. The van der Waals surface area contributed by atoms with Crippen molar-refractivity contribution in [2.75, 3.05) is 39.8 Å². The van der Waals surface area contributed by atoms with Gasteiger partial charge in [0, 0.05) is 38.8 Å². The number of benzene rings is 1. The number of hydrogen-bond acceptors (Lipinski definition) is 4. The van der Waals surface area contributed by atoms with E-state index in [1.807, 2.05) is 6.07 Å². The van der Waals surface area contributed by atoms with Gasteiger partial charge in [-0.15, -0.1) is 0 Å². The zero-order valence-electron chi connectivity index (χ0n) is 12.0. The summed E-state index contributed by atoms with van der Waals surface area (Å²) in [6.07, 6.45) is 0. The van der Waals surface area contributed by atoms with E-state index in [9.17, 15) is 9.59 Å². The van der Waals surface area contributed by atoms with Crippen LogP contribution in [0, 0.1) is 11.3 Å². The predicted molar refractivity (Wildman–Crippen MR) is 77.6 cm³/mol. The summed E-state index contributed by atoms with van der Waals surface area (Å²) in [5.41, 5.74) is 0.982. The summed E-state index contributed by atoms with van der Waals surface area (Å²) >= 11 is 0. The summed E-state index contributed by atoms with van der Waals surface area (Å²) in [4.78, 5) is 27.5. The van der Waals surface area contributed by atoms with E-state index in [-0.39, 0.29) is 18.4 Å². The standard InChI is InChI=1S/C15H18N4O2/c1-18(11-14(20)19-8-6-17-7-9-19)15(21)13-4-2-12(10-16)3-5-13/h2-5,17H,6-9,11H2,1H3. The molecule has 110 valence electrons. The number of piperazine rings is 1. The Bertz CT molecular complexity index is 556. The minimum absolute atomic E-state index is 0.0407. The van der Waals surface area contributed by atoms with Crippen LogP contribution in [0.4, 0.5) is 0 Å². The zero-order valence-corrected chi connectivity index (χ0v) is 12.0. The highest BCUT2D eigenvalue weighted by atomic mass is 16.2. The molecule has 6 nitrogen and oxygen atoms in total. The molecular weight excluding hydrogens is 268 g/mol. The number of nitriles is 1. The fraction of sp³-hybridized carbons (Fsp3) is 0.400. The van der Waals surface area contributed by atoms with Gasteiger partial charge in [0.2, 0.25) is 5.91 Å². The third-order valence-corrected chi connectivity index (χ3v) is 3.45. The first kappa shape index (κ1) is 15.0. The molecule has 0 radical (unpaired) electrons. The van der Waals surface area contributed by atoms with Crippen LogP contribution in [0.25, 0.3) is 0 Å². The molecular formula is C15H18N4O2.